The minimum absolute atomic E-state index is 0.0151. The number of fused-ring (bicyclic) bond motifs is 3. The summed E-state index contributed by atoms with van der Waals surface area (Å²) in [5.74, 6) is 1.91. The van der Waals surface area contributed by atoms with Crippen LogP contribution in [0.3, 0.4) is 0 Å². The van der Waals surface area contributed by atoms with Gasteiger partial charge < -0.3 is 4.74 Å². The van der Waals surface area contributed by atoms with Crippen LogP contribution in [0.15, 0.2) is 47.4 Å². The van der Waals surface area contributed by atoms with E-state index in [1.807, 2.05) is 18.2 Å². The summed E-state index contributed by atoms with van der Waals surface area (Å²) < 4.78 is 35.8. The zero-order valence-electron chi connectivity index (χ0n) is 18.9. The molecule has 0 saturated carbocycles. The number of aromatic amines is 1. The normalized spacial score (nSPS) is 21.9. The summed E-state index contributed by atoms with van der Waals surface area (Å²) in [4.78, 5) is 25.9. The first-order chi connectivity index (χ1) is 17.0. The molecule has 176 valence electrons. The van der Waals surface area contributed by atoms with Gasteiger partial charge in [-0.1, -0.05) is 36.3 Å². The van der Waals surface area contributed by atoms with Gasteiger partial charge in [0.2, 0.25) is 0 Å². The highest BCUT2D eigenvalue weighted by Gasteiger charge is 2.49. The average molecular weight is 472 g/mol. The maximum atomic E-state index is 15.8. The van der Waals surface area contributed by atoms with Gasteiger partial charge in [0.25, 0.3) is 11.6 Å². The van der Waals surface area contributed by atoms with Gasteiger partial charge in [-0.25, -0.2) is 8.78 Å². The molecule has 1 N–H and O–H groups in total. The molecule has 0 aliphatic carbocycles. The third kappa shape index (κ3) is 3.46. The molecule has 8 heteroatoms. The van der Waals surface area contributed by atoms with E-state index in [1.54, 1.807) is 18.2 Å². The van der Waals surface area contributed by atoms with Gasteiger partial charge in [0.05, 0.1) is 10.9 Å². The van der Waals surface area contributed by atoms with Crippen LogP contribution in [-0.2, 0) is 0 Å². The Morgan fingerprint density at radius 3 is 2.94 bits per heavy atom. The highest BCUT2D eigenvalue weighted by atomic mass is 19.1. The Morgan fingerprint density at radius 2 is 2.11 bits per heavy atom. The van der Waals surface area contributed by atoms with Crippen LogP contribution in [0, 0.1) is 18.2 Å². The monoisotopic (exact) mass is 472 g/mol. The van der Waals surface area contributed by atoms with E-state index < -0.39 is 23.1 Å². The quantitative estimate of drug-likeness (QED) is 0.451. The first kappa shape index (κ1) is 21.7. The van der Waals surface area contributed by atoms with E-state index in [-0.39, 0.29) is 29.2 Å². The molecule has 35 heavy (non-hydrogen) atoms. The van der Waals surface area contributed by atoms with Crippen LogP contribution in [0.4, 0.5) is 8.78 Å². The number of alkyl halides is 1. The fourth-order valence-electron chi connectivity index (χ4n) is 5.61. The SMILES string of the molecule is C#Cc1cccc2cccc(-c3ncc4c(=O)[nH]c(OCC56CCCN5C[C@H](F)C6)nc4c3F)c12. The van der Waals surface area contributed by atoms with Gasteiger partial charge in [0.1, 0.15) is 24.0 Å². The van der Waals surface area contributed by atoms with Crippen LogP contribution in [0.1, 0.15) is 24.8 Å². The molecule has 2 aromatic heterocycles. The van der Waals surface area contributed by atoms with Crippen LogP contribution in [0.5, 0.6) is 6.01 Å². The van der Waals surface area contributed by atoms with E-state index in [4.69, 9.17) is 11.2 Å². The van der Waals surface area contributed by atoms with Gasteiger partial charge in [-0.3, -0.25) is 19.7 Å². The maximum absolute atomic E-state index is 15.8. The third-order valence-electron chi connectivity index (χ3n) is 7.23. The molecule has 2 aromatic carbocycles. The molecule has 2 aliphatic heterocycles. The number of nitrogens with one attached hydrogen (secondary N) is 1. The van der Waals surface area contributed by atoms with Crippen molar-refractivity contribution in [1.82, 2.24) is 19.9 Å². The summed E-state index contributed by atoms with van der Waals surface area (Å²) >= 11 is 0. The standard InChI is InChI=1S/C27H22F2N4O2/c1-2-16-6-3-7-17-8-4-9-19(21(16)17)23-22(29)24-20(13-30-23)25(34)32-26(31-24)35-15-27-10-5-11-33(27)14-18(28)12-27/h1,3-4,6-9,13,18H,5,10-12,14-15H2,(H,31,32,34)/t18-,27?/m1/s1. The molecule has 4 heterocycles. The van der Waals surface area contributed by atoms with Crippen molar-refractivity contribution in [3.05, 3.63) is 64.3 Å². The number of hydrogen-bond donors (Lipinski definition) is 1. The Kier molecular flexibility index (Phi) is 5.04. The number of nitrogens with zero attached hydrogens (tertiary/aromatic N) is 3. The fraction of sp³-hybridized carbons (Fsp3) is 0.296. The third-order valence-corrected chi connectivity index (χ3v) is 7.23. The van der Waals surface area contributed by atoms with Crippen molar-refractivity contribution < 1.29 is 13.5 Å². The topological polar surface area (TPSA) is 71.1 Å². The van der Waals surface area contributed by atoms with Crippen molar-refractivity contribution in [2.75, 3.05) is 19.7 Å². The van der Waals surface area contributed by atoms with Crippen molar-refractivity contribution in [3.8, 4) is 29.6 Å². The molecular formula is C27H22F2N4O2. The molecule has 2 fully saturated rings. The molecule has 0 bridgehead atoms. The van der Waals surface area contributed by atoms with E-state index >= 15 is 4.39 Å². The molecule has 6 nitrogen and oxygen atoms in total. The lowest BCUT2D eigenvalue weighted by atomic mass is 9.95. The molecule has 2 atom stereocenters. The molecule has 0 spiro atoms. The van der Waals surface area contributed by atoms with Crippen LogP contribution >= 0.6 is 0 Å². The number of terminal acetylenes is 1. The minimum Gasteiger partial charge on any atom is -0.463 e. The Balaban J connectivity index is 1.43. The first-order valence-corrected chi connectivity index (χ1v) is 11.6. The van der Waals surface area contributed by atoms with Crippen LogP contribution in [0.25, 0.3) is 32.9 Å². The van der Waals surface area contributed by atoms with Crippen LogP contribution < -0.4 is 10.3 Å². The van der Waals surface area contributed by atoms with E-state index in [2.05, 4.69) is 25.8 Å². The predicted octanol–water partition coefficient (Wildman–Crippen LogP) is 4.21. The Hall–Kier alpha value is -3.83. The Labute approximate surface area is 200 Å². The second kappa shape index (κ2) is 8.14. The number of aromatic nitrogens is 3. The average Bonchev–Trinajstić information content (AvgIpc) is 3.38. The molecule has 1 unspecified atom stereocenters. The summed E-state index contributed by atoms with van der Waals surface area (Å²) in [6, 6.07) is 10.9. The Morgan fingerprint density at radius 1 is 1.29 bits per heavy atom. The largest absolute Gasteiger partial charge is 0.463 e. The second-order valence-electron chi connectivity index (χ2n) is 9.27. The lowest BCUT2D eigenvalue weighted by Crippen LogP contribution is -2.43. The van der Waals surface area contributed by atoms with Gasteiger partial charge in [0.15, 0.2) is 5.82 Å². The maximum Gasteiger partial charge on any atom is 0.297 e. The van der Waals surface area contributed by atoms with Crippen molar-refractivity contribution in [1.29, 1.82) is 0 Å². The summed E-state index contributed by atoms with van der Waals surface area (Å²) in [6.45, 7) is 1.38. The van der Waals surface area contributed by atoms with E-state index in [1.165, 1.54) is 6.20 Å². The van der Waals surface area contributed by atoms with Crippen molar-refractivity contribution in [2.45, 2.75) is 31.0 Å². The number of pyridine rings is 1. The number of benzene rings is 2. The zero-order chi connectivity index (χ0) is 24.2. The lowest BCUT2D eigenvalue weighted by molar-refractivity contribution is 0.107. The zero-order valence-corrected chi connectivity index (χ0v) is 18.9. The molecule has 0 amide bonds. The highest BCUT2D eigenvalue weighted by molar-refractivity contribution is 6.01. The van der Waals surface area contributed by atoms with Crippen molar-refractivity contribution in [3.63, 3.8) is 0 Å². The molecule has 2 saturated heterocycles. The van der Waals surface area contributed by atoms with Crippen molar-refractivity contribution >= 4 is 21.7 Å². The molecule has 4 aromatic rings. The predicted molar refractivity (Wildman–Crippen MR) is 130 cm³/mol. The lowest BCUT2D eigenvalue weighted by Gasteiger charge is -2.30. The smallest absolute Gasteiger partial charge is 0.297 e. The van der Waals surface area contributed by atoms with E-state index in [0.29, 0.717) is 29.5 Å². The van der Waals surface area contributed by atoms with E-state index in [9.17, 15) is 9.18 Å². The summed E-state index contributed by atoms with van der Waals surface area (Å²) in [6.07, 6.45) is 8.26. The second-order valence-corrected chi connectivity index (χ2v) is 9.27. The van der Waals surface area contributed by atoms with Gasteiger partial charge in [0, 0.05) is 35.7 Å². The van der Waals surface area contributed by atoms with Crippen LogP contribution in [-0.4, -0.2) is 51.3 Å². The summed E-state index contributed by atoms with van der Waals surface area (Å²) in [5.41, 5.74) is 0.0706. The first-order valence-electron chi connectivity index (χ1n) is 11.6. The van der Waals surface area contributed by atoms with Gasteiger partial charge in [-0.05, 0) is 30.8 Å². The summed E-state index contributed by atoms with van der Waals surface area (Å²) in [7, 11) is 0. The number of halogens is 2. The molecule has 0 radical (unpaired) electrons. The van der Waals surface area contributed by atoms with Crippen LogP contribution in [0.2, 0.25) is 0 Å². The number of rotatable bonds is 4. The minimum atomic E-state index is -0.901. The van der Waals surface area contributed by atoms with Crippen molar-refractivity contribution in [2.24, 2.45) is 0 Å². The Bertz CT molecular complexity index is 1570. The number of H-pyrrole nitrogens is 1. The molecular weight excluding hydrogens is 450 g/mol. The number of hydrogen-bond acceptors (Lipinski definition) is 5. The van der Waals surface area contributed by atoms with Gasteiger partial charge in [-0.15, -0.1) is 6.42 Å². The van der Waals surface area contributed by atoms with Gasteiger partial charge >= 0.3 is 0 Å². The van der Waals surface area contributed by atoms with Gasteiger partial charge in [-0.2, -0.15) is 4.98 Å². The number of ether oxygens (including phenoxy) is 1. The molecule has 6 rings (SSSR count). The molecule has 2 aliphatic rings. The summed E-state index contributed by atoms with van der Waals surface area (Å²) in [5, 5.41) is 1.57. The van der Waals surface area contributed by atoms with E-state index in [0.717, 1.165) is 24.8 Å². The highest BCUT2D eigenvalue weighted by Crippen LogP contribution is 2.40. The fourth-order valence-corrected chi connectivity index (χ4v) is 5.61.